The second-order valence-electron chi connectivity index (χ2n) is 7.59. The van der Waals surface area contributed by atoms with Crippen molar-refractivity contribution < 1.29 is 14.3 Å². The number of unbranched alkanes of at least 4 members (excludes halogenated alkanes) is 4. The highest BCUT2D eigenvalue weighted by atomic mass is 16.5. The zero-order chi connectivity index (χ0) is 18.8. The van der Waals surface area contributed by atoms with Crippen molar-refractivity contribution in [1.82, 2.24) is 0 Å². The molecule has 3 heteroatoms. The number of hydrogen-bond acceptors (Lipinski definition) is 3. The molecule has 1 aromatic rings. The summed E-state index contributed by atoms with van der Waals surface area (Å²) < 4.78 is 5.43. The van der Waals surface area contributed by atoms with Crippen LogP contribution in [0.2, 0.25) is 0 Å². The first kappa shape index (κ1) is 20.7. The van der Waals surface area contributed by atoms with Crippen LogP contribution in [-0.4, -0.2) is 18.2 Å². The second kappa shape index (κ2) is 11.2. The van der Waals surface area contributed by atoms with Crippen molar-refractivity contribution in [1.29, 1.82) is 0 Å². The van der Waals surface area contributed by atoms with Crippen LogP contribution >= 0.6 is 0 Å². The topological polar surface area (TPSA) is 43.4 Å². The molecule has 1 aliphatic rings. The molecule has 0 amide bonds. The van der Waals surface area contributed by atoms with E-state index in [1.807, 2.05) is 31.2 Å². The minimum Gasteiger partial charge on any atom is -0.494 e. The van der Waals surface area contributed by atoms with Crippen molar-refractivity contribution in [3.05, 3.63) is 29.8 Å². The Hall–Kier alpha value is -1.64. The molecule has 1 aliphatic carbocycles. The van der Waals surface area contributed by atoms with Gasteiger partial charge in [-0.3, -0.25) is 9.59 Å². The number of carbonyl (C=O) groups excluding carboxylic acids is 2. The highest BCUT2D eigenvalue weighted by molar-refractivity contribution is 6.03. The number of carbonyl (C=O) groups is 2. The molecule has 1 aromatic carbocycles. The van der Waals surface area contributed by atoms with E-state index in [0.29, 0.717) is 25.4 Å². The lowest BCUT2D eigenvalue weighted by atomic mass is 9.76. The van der Waals surface area contributed by atoms with Gasteiger partial charge in [-0.05, 0) is 43.4 Å². The van der Waals surface area contributed by atoms with Crippen LogP contribution in [0.4, 0.5) is 0 Å². The summed E-state index contributed by atoms with van der Waals surface area (Å²) in [5.74, 6) is 1.20. The molecule has 0 N–H and O–H groups in total. The van der Waals surface area contributed by atoms with Gasteiger partial charge in [-0.1, -0.05) is 57.6 Å². The third-order valence-electron chi connectivity index (χ3n) is 5.46. The summed E-state index contributed by atoms with van der Waals surface area (Å²) in [6, 6.07) is 7.64. The maximum absolute atomic E-state index is 12.6. The van der Waals surface area contributed by atoms with Crippen LogP contribution in [0.25, 0.3) is 0 Å². The molecule has 0 saturated heterocycles. The Kier molecular flexibility index (Phi) is 8.87. The van der Waals surface area contributed by atoms with Gasteiger partial charge in [0.2, 0.25) is 0 Å². The number of ketones is 2. The predicted octanol–water partition coefficient (Wildman–Crippen LogP) is 5.54. The van der Waals surface area contributed by atoms with Crippen molar-refractivity contribution in [2.45, 2.75) is 78.1 Å². The van der Waals surface area contributed by atoms with Gasteiger partial charge in [0.15, 0.2) is 0 Å². The summed E-state index contributed by atoms with van der Waals surface area (Å²) in [7, 11) is 0. The Labute approximate surface area is 158 Å². The van der Waals surface area contributed by atoms with Gasteiger partial charge in [-0.2, -0.15) is 0 Å². The van der Waals surface area contributed by atoms with Crippen molar-refractivity contribution in [3.63, 3.8) is 0 Å². The normalized spacial score (nSPS) is 20.2. The quantitative estimate of drug-likeness (QED) is 0.385. The monoisotopic (exact) mass is 358 g/mol. The minimum absolute atomic E-state index is 0.0838. The Morgan fingerprint density at radius 1 is 1.04 bits per heavy atom. The molecule has 3 nitrogen and oxygen atoms in total. The summed E-state index contributed by atoms with van der Waals surface area (Å²) in [5.41, 5.74) is 0.962. The molecule has 0 aliphatic heterocycles. The summed E-state index contributed by atoms with van der Waals surface area (Å²) in [6.07, 6.45) is 10.3. The van der Waals surface area contributed by atoms with E-state index in [1.165, 1.54) is 32.1 Å². The highest BCUT2D eigenvalue weighted by Gasteiger charge is 2.32. The molecule has 0 aromatic heterocycles. The van der Waals surface area contributed by atoms with Gasteiger partial charge in [0.1, 0.15) is 17.3 Å². The second-order valence-corrected chi connectivity index (χ2v) is 7.59. The van der Waals surface area contributed by atoms with Crippen molar-refractivity contribution >= 4 is 11.6 Å². The van der Waals surface area contributed by atoms with Crippen LogP contribution in [0.5, 0.6) is 5.75 Å². The smallest absolute Gasteiger partial charge is 0.147 e. The van der Waals surface area contributed by atoms with E-state index < -0.39 is 0 Å². The lowest BCUT2D eigenvalue weighted by molar-refractivity contribution is -0.135. The molecular weight excluding hydrogens is 324 g/mol. The zero-order valence-corrected chi connectivity index (χ0v) is 16.5. The maximum atomic E-state index is 12.6. The van der Waals surface area contributed by atoms with Crippen molar-refractivity contribution in [2.75, 3.05) is 6.61 Å². The minimum atomic E-state index is -0.377. The Morgan fingerprint density at radius 3 is 2.42 bits per heavy atom. The summed E-state index contributed by atoms with van der Waals surface area (Å²) in [5, 5.41) is 0. The van der Waals surface area contributed by atoms with E-state index in [4.69, 9.17) is 4.74 Å². The Morgan fingerprint density at radius 2 is 1.77 bits per heavy atom. The fraction of sp³-hybridized carbons (Fsp3) is 0.652. The molecule has 1 fully saturated rings. The fourth-order valence-corrected chi connectivity index (χ4v) is 3.91. The number of rotatable bonds is 11. The van der Waals surface area contributed by atoms with Crippen LogP contribution in [0.1, 0.15) is 77.2 Å². The third-order valence-corrected chi connectivity index (χ3v) is 5.46. The average molecular weight is 359 g/mol. The molecule has 1 saturated carbocycles. The van der Waals surface area contributed by atoms with Crippen LogP contribution in [0, 0.1) is 11.8 Å². The van der Waals surface area contributed by atoms with Gasteiger partial charge in [0.05, 0.1) is 12.5 Å². The average Bonchev–Trinajstić information content (AvgIpc) is 2.63. The molecule has 0 bridgehead atoms. The SMILES string of the molecule is CCCCCCCC1CCC(C(=O)Cc2ccc(OCC)cc2)C(=O)C1. The van der Waals surface area contributed by atoms with E-state index in [9.17, 15) is 9.59 Å². The zero-order valence-electron chi connectivity index (χ0n) is 16.5. The molecule has 2 unspecified atom stereocenters. The number of ether oxygens (including phenoxy) is 1. The van der Waals surface area contributed by atoms with E-state index in [0.717, 1.165) is 30.6 Å². The first-order valence-corrected chi connectivity index (χ1v) is 10.4. The highest BCUT2D eigenvalue weighted by Crippen LogP contribution is 2.31. The molecule has 0 spiro atoms. The summed E-state index contributed by atoms with van der Waals surface area (Å²) >= 11 is 0. The van der Waals surface area contributed by atoms with E-state index in [1.54, 1.807) is 0 Å². The third kappa shape index (κ3) is 6.59. The van der Waals surface area contributed by atoms with Crippen LogP contribution < -0.4 is 4.74 Å². The van der Waals surface area contributed by atoms with Gasteiger partial charge >= 0.3 is 0 Å². The molecule has 0 heterocycles. The Bertz CT molecular complexity index is 561. The number of benzene rings is 1. The number of Topliss-reactive ketones (excluding diaryl/α,β-unsaturated/α-hetero) is 2. The lowest BCUT2D eigenvalue weighted by Gasteiger charge is -2.26. The maximum Gasteiger partial charge on any atom is 0.147 e. The van der Waals surface area contributed by atoms with Crippen molar-refractivity contribution in [2.24, 2.45) is 11.8 Å². The first-order valence-electron chi connectivity index (χ1n) is 10.4. The first-order chi connectivity index (χ1) is 12.6. The van der Waals surface area contributed by atoms with Crippen LogP contribution in [0.3, 0.4) is 0 Å². The van der Waals surface area contributed by atoms with Gasteiger partial charge in [-0.15, -0.1) is 0 Å². The van der Waals surface area contributed by atoms with E-state index >= 15 is 0 Å². The van der Waals surface area contributed by atoms with Crippen LogP contribution in [0.15, 0.2) is 24.3 Å². The van der Waals surface area contributed by atoms with Gasteiger partial charge < -0.3 is 4.74 Å². The van der Waals surface area contributed by atoms with E-state index in [2.05, 4.69) is 6.92 Å². The molecule has 2 rings (SSSR count). The Balaban J connectivity index is 1.75. The standard InChI is InChI=1S/C23H34O3/c1-3-5-6-7-8-9-18-12-15-21(22(24)16-18)23(25)17-19-10-13-20(14-11-19)26-4-2/h10-11,13-14,18,21H,3-9,12,15-17H2,1-2H3. The molecule has 144 valence electrons. The van der Waals surface area contributed by atoms with Gasteiger partial charge in [0, 0.05) is 12.8 Å². The van der Waals surface area contributed by atoms with Crippen molar-refractivity contribution in [3.8, 4) is 5.75 Å². The molecular formula is C23H34O3. The summed E-state index contributed by atoms with van der Waals surface area (Å²) in [4.78, 5) is 25.0. The fourth-order valence-electron chi connectivity index (χ4n) is 3.91. The summed E-state index contributed by atoms with van der Waals surface area (Å²) in [6.45, 7) is 4.81. The van der Waals surface area contributed by atoms with E-state index in [-0.39, 0.29) is 17.5 Å². The molecule has 2 atom stereocenters. The van der Waals surface area contributed by atoms with Gasteiger partial charge in [0.25, 0.3) is 0 Å². The number of hydrogen-bond donors (Lipinski definition) is 0. The predicted molar refractivity (Wildman–Crippen MR) is 106 cm³/mol. The molecule has 26 heavy (non-hydrogen) atoms. The van der Waals surface area contributed by atoms with Gasteiger partial charge in [-0.25, -0.2) is 0 Å². The largest absolute Gasteiger partial charge is 0.494 e. The van der Waals surface area contributed by atoms with Crippen LogP contribution in [-0.2, 0) is 16.0 Å². The molecule has 0 radical (unpaired) electrons. The lowest BCUT2D eigenvalue weighted by Crippen LogP contribution is -2.32.